The van der Waals surface area contributed by atoms with Crippen LogP contribution >= 0.6 is 11.9 Å². The van der Waals surface area contributed by atoms with Gasteiger partial charge in [0.2, 0.25) is 9.84 Å². The molecule has 3 rings (SSSR count). The van der Waals surface area contributed by atoms with Crippen LogP contribution in [0.5, 0.6) is 0 Å². The van der Waals surface area contributed by atoms with Crippen molar-refractivity contribution in [2.45, 2.75) is 35.5 Å². The van der Waals surface area contributed by atoms with E-state index in [9.17, 15) is 12.8 Å². The highest BCUT2D eigenvalue weighted by molar-refractivity contribution is 7.96. The SMILES string of the molecule is CSN(C)C.O=S(=O)(c1cccc(F)c1)c1ccc2c(c1)CCCC2. The Morgan fingerprint density at radius 3 is 2.16 bits per heavy atom. The molecule has 0 aliphatic heterocycles. The number of halogens is 1. The predicted molar refractivity (Wildman–Crippen MR) is 102 cm³/mol. The van der Waals surface area contributed by atoms with Crippen LogP contribution in [0, 0.1) is 5.82 Å². The molecule has 0 amide bonds. The average Bonchev–Trinajstić information content (AvgIpc) is 2.61. The summed E-state index contributed by atoms with van der Waals surface area (Å²) in [7, 11) is 0.402. The molecule has 0 spiro atoms. The molecule has 0 N–H and O–H groups in total. The van der Waals surface area contributed by atoms with Crippen LogP contribution in [-0.4, -0.2) is 33.1 Å². The Kier molecular flexibility index (Phi) is 7.04. The third kappa shape index (κ3) is 5.30. The Morgan fingerprint density at radius 1 is 0.960 bits per heavy atom. The van der Waals surface area contributed by atoms with Crippen molar-refractivity contribution in [2.24, 2.45) is 0 Å². The minimum atomic E-state index is -3.63. The lowest BCUT2D eigenvalue weighted by molar-refractivity contribution is 0.590. The topological polar surface area (TPSA) is 37.4 Å². The molecule has 3 nitrogen and oxygen atoms in total. The van der Waals surface area contributed by atoms with E-state index in [1.165, 1.54) is 23.8 Å². The number of hydrogen-bond acceptors (Lipinski definition) is 4. The second-order valence-corrected chi connectivity index (χ2v) is 9.14. The highest BCUT2D eigenvalue weighted by Crippen LogP contribution is 2.27. The maximum Gasteiger partial charge on any atom is 0.206 e. The van der Waals surface area contributed by atoms with Gasteiger partial charge in [-0.05, 0) is 87.5 Å². The van der Waals surface area contributed by atoms with Gasteiger partial charge in [0.15, 0.2) is 0 Å². The fraction of sp³-hybridized carbons (Fsp3) is 0.368. The highest BCUT2D eigenvalue weighted by Gasteiger charge is 2.20. The maximum atomic E-state index is 13.2. The number of rotatable bonds is 3. The molecular weight excluding hydrogens is 357 g/mol. The van der Waals surface area contributed by atoms with Crippen LogP contribution in [0.3, 0.4) is 0 Å². The smallest absolute Gasteiger partial charge is 0.206 e. The highest BCUT2D eigenvalue weighted by atomic mass is 32.2. The first-order valence-electron chi connectivity index (χ1n) is 8.18. The number of sulfone groups is 1. The van der Waals surface area contributed by atoms with E-state index in [0.717, 1.165) is 37.3 Å². The first-order chi connectivity index (χ1) is 11.8. The molecule has 136 valence electrons. The van der Waals surface area contributed by atoms with Gasteiger partial charge in [-0.25, -0.2) is 12.8 Å². The van der Waals surface area contributed by atoms with Crippen LogP contribution in [0.2, 0.25) is 0 Å². The van der Waals surface area contributed by atoms with Gasteiger partial charge in [0, 0.05) is 0 Å². The van der Waals surface area contributed by atoms with E-state index in [-0.39, 0.29) is 9.79 Å². The Balaban J connectivity index is 0.000000399. The maximum absolute atomic E-state index is 13.2. The van der Waals surface area contributed by atoms with Gasteiger partial charge in [0.25, 0.3) is 0 Å². The van der Waals surface area contributed by atoms with Crippen molar-refractivity contribution < 1.29 is 12.8 Å². The second-order valence-electron chi connectivity index (χ2n) is 6.09. The molecule has 0 radical (unpaired) electrons. The number of hydrogen-bond donors (Lipinski definition) is 0. The Hall–Kier alpha value is -1.37. The van der Waals surface area contributed by atoms with Gasteiger partial charge in [-0.3, -0.25) is 4.31 Å². The first-order valence-corrected chi connectivity index (χ1v) is 10.8. The van der Waals surface area contributed by atoms with Gasteiger partial charge in [-0.15, -0.1) is 0 Å². The van der Waals surface area contributed by atoms with Crippen molar-refractivity contribution in [3.05, 3.63) is 59.4 Å². The van der Waals surface area contributed by atoms with Gasteiger partial charge in [0.1, 0.15) is 5.82 Å². The molecule has 0 saturated heterocycles. The lowest BCUT2D eigenvalue weighted by Crippen LogP contribution is -2.07. The Morgan fingerprint density at radius 2 is 1.56 bits per heavy atom. The monoisotopic (exact) mass is 381 g/mol. The van der Waals surface area contributed by atoms with Crippen molar-refractivity contribution in [3.8, 4) is 0 Å². The quantitative estimate of drug-likeness (QED) is 0.740. The lowest BCUT2D eigenvalue weighted by atomic mass is 9.92. The fourth-order valence-electron chi connectivity index (χ4n) is 2.65. The summed E-state index contributed by atoms with van der Waals surface area (Å²) in [6, 6.07) is 10.4. The second kappa shape index (κ2) is 8.83. The van der Waals surface area contributed by atoms with E-state index in [0.29, 0.717) is 0 Å². The molecule has 0 fully saturated rings. The predicted octanol–water partition coefficient (Wildman–Crippen LogP) is 4.36. The summed E-state index contributed by atoms with van der Waals surface area (Å²) in [5.41, 5.74) is 2.34. The molecule has 0 atom stereocenters. The fourth-order valence-corrected chi connectivity index (χ4v) is 3.99. The Labute approximate surface area is 154 Å². The molecule has 2 aromatic rings. The summed E-state index contributed by atoms with van der Waals surface area (Å²) in [5, 5.41) is 0. The summed E-state index contributed by atoms with van der Waals surface area (Å²) >= 11 is 1.71. The molecule has 0 unspecified atom stereocenters. The van der Waals surface area contributed by atoms with Gasteiger partial charge < -0.3 is 0 Å². The number of fused-ring (bicyclic) bond motifs is 1. The van der Waals surface area contributed by atoms with Crippen molar-refractivity contribution in [1.29, 1.82) is 0 Å². The van der Waals surface area contributed by atoms with Crippen molar-refractivity contribution in [1.82, 2.24) is 4.31 Å². The van der Waals surface area contributed by atoms with Crippen LogP contribution in [0.1, 0.15) is 24.0 Å². The molecular formula is C19H24FNO2S2. The van der Waals surface area contributed by atoms with Gasteiger partial charge in [0.05, 0.1) is 9.79 Å². The van der Waals surface area contributed by atoms with Crippen LogP contribution in [0.25, 0.3) is 0 Å². The molecule has 2 aromatic carbocycles. The van der Waals surface area contributed by atoms with Crippen molar-refractivity contribution in [3.63, 3.8) is 0 Å². The van der Waals surface area contributed by atoms with Gasteiger partial charge >= 0.3 is 0 Å². The Bertz CT molecular complexity index is 820. The molecule has 6 heteroatoms. The number of nitrogens with zero attached hydrogens (tertiary/aromatic N) is 1. The largest absolute Gasteiger partial charge is 0.257 e. The number of benzene rings is 2. The van der Waals surface area contributed by atoms with E-state index >= 15 is 0 Å². The minimum Gasteiger partial charge on any atom is -0.257 e. The summed E-state index contributed by atoms with van der Waals surface area (Å²) < 4.78 is 40.3. The van der Waals surface area contributed by atoms with E-state index < -0.39 is 15.7 Å². The zero-order valence-corrected chi connectivity index (χ0v) is 16.5. The first kappa shape index (κ1) is 19.9. The van der Waals surface area contributed by atoms with Crippen LogP contribution in [0.15, 0.2) is 52.3 Å². The molecule has 0 saturated carbocycles. The molecule has 25 heavy (non-hydrogen) atoms. The molecule has 1 aliphatic rings. The minimum absolute atomic E-state index is 0.00765. The zero-order valence-electron chi connectivity index (χ0n) is 14.8. The van der Waals surface area contributed by atoms with Crippen molar-refractivity contribution in [2.75, 3.05) is 20.4 Å². The van der Waals surface area contributed by atoms with Crippen LogP contribution < -0.4 is 0 Å². The number of aryl methyl sites for hydroxylation is 2. The van der Waals surface area contributed by atoms with E-state index in [4.69, 9.17) is 0 Å². The lowest BCUT2D eigenvalue weighted by Gasteiger charge is -2.16. The summed E-state index contributed by atoms with van der Waals surface area (Å²) in [6.07, 6.45) is 6.22. The van der Waals surface area contributed by atoms with E-state index in [2.05, 4.69) is 0 Å². The van der Waals surface area contributed by atoms with Crippen molar-refractivity contribution >= 4 is 21.8 Å². The van der Waals surface area contributed by atoms with Crippen LogP contribution in [-0.2, 0) is 22.7 Å². The normalized spacial score (nSPS) is 13.8. The van der Waals surface area contributed by atoms with E-state index in [1.54, 1.807) is 24.1 Å². The zero-order chi connectivity index (χ0) is 18.4. The van der Waals surface area contributed by atoms with E-state index in [1.807, 2.05) is 30.7 Å². The molecule has 0 aromatic heterocycles. The van der Waals surface area contributed by atoms with Gasteiger partial charge in [-0.2, -0.15) is 0 Å². The standard InChI is InChI=1S/C16H15FO2S.C3H9NS/c17-14-6-3-7-15(11-14)20(18,19)16-9-8-12-4-1-2-5-13(12)10-16;1-4(2)5-3/h3,6-11H,1-2,4-5H2;1-3H3. The third-order valence-corrected chi connectivity index (χ3v) is 6.58. The molecule has 0 bridgehead atoms. The summed E-state index contributed by atoms with van der Waals surface area (Å²) in [6.45, 7) is 0. The summed E-state index contributed by atoms with van der Waals surface area (Å²) in [5.74, 6) is -0.538. The molecule has 0 heterocycles. The third-order valence-electron chi connectivity index (χ3n) is 4.10. The summed E-state index contributed by atoms with van der Waals surface area (Å²) in [4.78, 5) is 0.261. The van der Waals surface area contributed by atoms with Crippen LogP contribution in [0.4, 0.5) is 4.39 Å². The average molecular weight is 382 g/mol. The van der Waals surface area contributed by atoms with Gasteiger partial charge in [-0.1, -0.05) is 24.1 Å². The molecule has 1 aliphatic carbocycles.